The summed E-state index contributed by atoms with van der Waals surface area (Å²) in [5.41, 5.74) is 13.8. The maximum absolute atomic E-state index is 4.55. The van der Waals surface area contributed by atoms with Crippen LogP contribution < -0.4 is 0 Å². The second-order valence-corrected chi connectivity index (χ2v) is 13.3. The first-order valence-electron chi connectivity index (χ1n) is 17.4. The second kappa shape index (κ2) is 11.2. The van der Waals surface area contributed by atoms with Gasteiger partial charge in [0.1, 0.15) is 0 Å². The van der Waals surface area contributed by atoms with Gasteiger partial charge in [0.15, 0.2) is 11.6 Å². The van der Waals surface area contributed by atoms with Crippen LogP contribution in [0.15, 0.2) is 147 Å². The van der Waals surface area contributed by atoms with Gasteiger partial charge in [0.2, 0.25) is 0 Å². The number of pyridine rings is 2. The van der Waals surface area contributed by atoms with Crippen molar-refractivity contribution in [3.63, 3.8) is 0 Å². The van der Waals surface area contributed by atoms with Crippen molar-refractivity contribution in [3.8, 4) is 45.3 Å². The molecule has 52 heavy (non-hydrogen) atoms. The minimum atomic E-state index is 0.718. The number of nitrogens with zero attached hydrogens (tertiary/aromatic N) is 8. The Labute approximate surface area is 297 Å². The smallest absolute Gasteiger partial charge is 0.159 e. The van der Waals surface area contributed by atoms with Gasteiger partial charge in [-0.3, -0.25) is 9.97 Å². The highest BCUT2D eigenvalue weighted by atomic mass is 15.0. The first-order chi connectivity index (χ1) is 25.8. The van der Waals surface area contributed by atoms with Gasteiger partial charge >= 0.3 is 0 Å². The summed E-state index contributed by atoms with van der Waals surface area (Å²) in [4.78, 5) is 27.2. The summed E-state index contributed by atoms with van der Waals surface area (Å²) in [6, 6.07) is 34.6. The summed E-state index contributed by atoms with van der Waals surface area (Å²) in [6.45, 7) is 0. The van der Waals surface area contributed by atoms with Crippen LogP contribution in [0.4, 0.5) is 0 Å². The van der Waals surface area contributed by atoms with Crippen molar-refractivity contribution >= 4 is 43.6 Å². The Kier molecular flexibility index (Phi) is 6.21. The fourth-order valence-corrected chi connectivity index (χ4v) is 8.11. The Morgan fingerprint density at radius 1 is 0.404 bits per heavy atom. The molecule has 8 heteroatoms. The van der Waals surface area contributed by atoms with E-state index in [-0.39, 0.29) is 0 Å². The summed E-state index contributed by atoms with van der Waals surface area (Å²) in [6.07, 6.45) is 16.6. The van der Waals surface area contributed by atoms with E-state index < -0.39 is 0 Å². The topological polar surface area (TPSA) is 87.2 Å². The van der Waals surface area contributed by atoms with Crippen molar-refractivity contribution in [1.82, 2.24) is 39.0 Å². The van der Waals surface area contributed by atoms with E-state index in [0.29, 0.717) is 0 Å². The van der Waals surface area contributed by atoms with Gasteiger partial charge in [-0.25, -0.2) is 19.9 Å². The molecular formula is C44H28N8. The van der Waals surface area contributed by atoms with Crippen LogP contribution in [-0.4, -0.2) is 39.0 Å². The van der Waals surface area contributed by atoms with Crippen LogP contribution in [0.1, 0.15) is 11.1 Å². The quantitative estimate of drug-likeness (QED) is 0.186. The minimum Gasteiger partial charge on any atom is -0.308 e. The molecule has 4 aromatic carbocycles. The van der Waals surface area contributed by atoms with Gasteiger partial charge in [0.05, 0.1) is 45.8 Å². The third kappa shape index (κ3) is 4.34. The van der Waals surface area contributed by atoms with E-state index in [1.807, 2.05) is 49.1 Å². The highest BCUT2D eigenvalue weighted by molar-refractivity contribution is 6.14. The van der Waals surface area contributed by atoms with Gasteiger partial charge in [-0.05, 0) is 132 Å². The highest BCUT2D eigenvalue weighted by Gasteiger charge is 2.24. The Morgan fingerprint density at radius 2 is 0.846 bits per heavy atom. The van der Waals surface area contributed by atoms with Gasteiger partial charge in [-0.15, -0.1) is 0 Å². The van der Waals surface area contributed by atoms with Crippen LogP contribution >= 0.6 is 0 Å². The third-order valence-electron chi connectivity index (χ3n) is 10.4. The Bertz CT molecular complexity index is 2780. The number of aryl methyl sites for hydroxylation is 2. The average molecular weight is 669 g/mol. The lowest BCUT2D eigenvalue weighted by molar-refractivity contribution is 0.946. The van der Waals surface area contributed by atoms with Crippen molar-refractivity contribution in [2.24, 2.45) is 0 Å². The number of benzene rings is 4. The minimum absolute atomic E-state index is 0.718. The molecule has 0 atom stereocenters. The second-order valence-electron chi connectivity index (χ2n) is 13.3. The molecule has 0 amide bonds. The van der Waals surface area contributed by atoms with Gasteiger partial charge in [0, 0.05) is 69.9 Å². The summed E-state index contributed by atoms with van der Waals surface area (Å²) in [5.74, 6) is 1.44. The molecule has 0 spiro atoms. The predicted octanol–water partition coefficient (Wildman–Crippen LogP) is 9.35. The van der Waals surface area contributed by atoms with Crippen molar-refractivity contribution in [2.45, 2.75) is 12.8 Å². The van der Waals surface area contributed by atoms with Gasteiger partial charge in [0.25, 0.3) is 0 Å². The zero-order valence-corrected chi connectivity index (χ0v) is 27.8. The maximum atomic E-state index is 4.55. The zero-order valence-electron chi connectivity index (χ0n) is 27.8. The summed E-state index contributed by atoms with van der Waals surface area (Å²) in [5, 5.41) is 4.76. The largest absolute Gasteiger partial charge is 0.308 e. The molecule has 8 nitrogen and oxygen atoms in total. The number of hydrogen-bond donors (Lipinski definition) is 0. The van der Waals surface area contributed by atoms with E-state index in [9.17, 15) is 0 Å². The fraction of sp³-hybridized carbons (Fsp3) is 0.0455. The molecule has 6 heterocycles. The summed E-state index contributed by atoms with van der Waals surface area (Å²) in [7, 11) is 0. The van der Waals surface area contributed by atoms with E-state index in [1.165, 1.54) is 43.8 Å². The zero-order chi connectivity index (χ0) is 34.2. The molecule has 0 bridgehead atoms. The monoisotopic (exact) mass is 668 g/mol. The molecule has 244 valence electrons. The van der Waals surface area contributed by atoms with E-state index in [1.54, 1.807) is 24.8 Å². The van der Waals surface area contributed by atoms with Crippen LogP contribution in [0, 0.1) is 0 Å². The van der Waals surface area contributed by atoms with Crippen LogP contribution in [0.2, 0.25) is 0 Å². The highest BCUT2D eigenvalue weighted by Crippen LogP contribution is 2.44. The SMILES string of the molecule is c1cnc(-c2ccc3c(c2)c2cc4c(cc2n3-c2cccnc2)-c2cc3c(cc2CC4)c2cc(-c4ncccn4)ccc2n3-c2cccnc2)nc1. The van der Waals surface area contributed by atoms with Crippen molar-refractivity contribution < 1.29 is 0 Å². The normalized spacial score (nSPS) is 12.5. The lowest BCUT2D eigenvalue weighted by Gasteiger charge is -2.21. The molecule has 0 unspecified atom stereocenters. The summed E-state index contributed by atoms with van der Waals surface area (Å²) < 4.78 is 4.67. The number of rotatable bonds is 4. The standard InChI is InChI=1S/C44H28N8/c1-5-31(25-45-13-1)51-39-11-9-29(43-47-15-3-16-48-43)21-35(39)37-19-27-7-8-28-20-38-36-22-30(44-49-17-4-18-50-44)10-12-40(36)52(32-6-2-14-46-26-32)42(38)24-34(28)33(27)23-41(37)51/h1-6,9-26H,7-8H2. The third-order valence-corrected chi connectivity index (χ3v) is 10.4. The Hall–Kier alpha value is -7.06. The molecule has 6 aromatic heterocycles. The molecule has 11 rings (SSSR count). The lowest BCUT2D eigenvalue weighted by atomic mass is 9.84. The molecule has 1 aliphatic carbocycles. The lowest BCUT2D eigenvalue weighted by Crippen LogP contribution is -2.05. The van der Waals surface area contributed by atoms with Gasteiger partial charge < -0.3 is 9.13 Å². The molecule has 0 N–H and O–H groups in total. The molecule has 0 saturated heterocycles. The molecule has 0 aliphatic heterocycles. The Morgan fingerprint density at radius 3 is 1.27 bits per heavy atom. The van der Waals surface area contributed by atoms with Crippen molar-refractivity contribution in [1.29, 1.82) is 0 Å². The van der Waals surface area contributed by atoms with E-state index in [2.05, 4.69) is 112 Å². The van der Waals surface area contributed by atoms with Gasteiger partial charge in [-0.2, -0.15) is 0 Å². The van der Waals surface area contributed by atoms with Crippen LogP contribution in [0.5, 0.6) is 0 Å². The Balaban J connectivity index is 1.18. The maximum Gasteiger partial charge on any atom is 0.159 e. The van der Waals surface area contributed by atoms with Crippen LogP contribution in [-0.2, 0) is 12.8 Å². The first kappa shape index (κ1) is 28.7. The number of fused-ring (bicyclic) bond motifs is 9. The van der Waals surface area contributed by atoms with Crippen molar-refractivity contribution in [2.75, 3.05) is 0 Å². The van der Waals surface area contributed by atoms with E-state index in [4.69, 9.17) is 0 Å². The molecule has 10 aromatic rings. The molecule has 1 aliphatic rings. The van der Waals surface area contributed by atoms with Crippen molar-refractivity contribution in [3.05, 3.63) is 158 Å². The van der Waals surface area contributed by atoms with Crippen LogP contribution in [0.25, 0.3) is 88.9 Å². The molecule has 0 saturated carbocycles. The van der Waals surface area contributed by atoms with Crippen LogP contribution in [0.3, 0.4) is 0 Å². The first-order valence-corrected chi connectivity index (χ1v) is 17.4. The average Bonchev–Trinajstić information content (AvgIpc) is 3.71. The van der Waals surface area contributed by atoms with E-state index >= 15 is 0 Å². The fourth-order valence-electron chi connectivity index (χ4n) is 8.11. The molecule has 0 fully saturated rings. The number of aromatic nitrogens is 8. The summed E-state index contributed by atoms with van der Waals surface area (Å²) >= 11 is 0. The number of hydrogen-bond acceptors (Lipinski definition) is 6. The molecule has 0 radical (unpaired) electrons. The predicted molar refractivity (Wildman–Crippen MR) is 206 cm³/mol. The van der Waals surface area contributed by atoms with E-state index in [0.717, 1.165) is 69.1 Å². The van der Waals surface area contributed by atoms with Gasteiger partial charge in [-0.1, -0.05) is 0 Å². The molecular weight excluding hydrogens is 641 g/mol.